The summed E-state index contributed by atoms with van der Waals surface area (Å²) in [5.41, 5.74) is 2.36. The Morgan fingerprint density at radius 2 is 1.64 bits per heavy atom. The number of aromatic nitrogens is 1. The Balaban J connectivity index is 0.00000442. The lowest BCUT2D eigenvalue weighted by atomic mass is 10.0. The molecule has 2 N–H and O–H groups in total. The van der Waals surface area contributed by atoms with Crippen molar-refractivity contribution in [2.75, 3.05) is 34.3 Å². The van der Waals surface area contributed by atoms with Gasteiger partial charge in [0.15, 0.2) is 11.6 Å². The standard InChI is InChI=1S/C31H31F2N5O4S.ClH/c1-43(40,41)36-23-8-11-27(12-9-23)42-30-14-7-22(20-34-30)21-37-17-15-26(16-18-37)38(25-5-3-2-4-6-25)31(39)35-24-10-13-28(32)29(33)19-24;/h2-14,19-20,26,36H,15-18,21H2,1H3,(H,35,39);1H. The van der Waals surface area contributed by atoms with Crippen LogP contribution in [0.25, 0.3) is 0 Å². The number of urea groups is 1. The van der Waals surface area contributed by atoms with Crippen LogP contribution in [0.1, 0.15) is 18.4 Å². The number of nitrogens with one attached hydrogen (secondary N) is 2. The van der Waals surface area contributed by atoms with Crippen molar-refractivity contribution in [2.24, 2.45) is 0 Å². The summed E-state index contributed by atoms with van der Waals surface area (Å²) in [4.78, 5) is 21.7. The summed E-state index contributed by atoms with van der Waals surface area (Å²) in [6.07, 6.45) is 4.29. The van der Waals surface area contributed by atoms with E-state index in [1.54, 1.807) is 41.4 Å². The molecule has 0 unspecified atom stereocenters. The quantitative estimate of drug-likeness (QED) is 0.212. The lowest BCUT2D eigenvalue weighted by Gasteiger charge is -2.38. The first kappa shape index (κ1) is 32.6. The van der Waals surface area contributed by atoms with Crippen molar-refractivity contribution < 1.29 is 26.7 Å². The average molecular weight is 644 g/mol. The predicted molar refractivity (Wildman–Crippen MR) is 169 cm³/mol. The number of piperidine rings is 1. The maximum Gasteiger partial charge on any atom is 0.326 e. The maximum atomic E-state index is 13.7. The van der Waals surface area contributed by atoms with Crippen LogP contribution in [-0.4, -0.2) is 49.7 Å². The van der Waals surface area contributed by atoms with Crippen LogP contribution in [0.4, 0.5) is 30.6 Å². The number of anilines is 3. The average Bonchev–Trinajstić information content (AvgIpc) is 2.98. The number of hydrogen-bond acceptors (Lipinski definition) is 6. The van der Waals surface area contributed by atoms with Gasteiger partial charge in [-0.25, -0.2) is 27.0 Å². The van der Waals surface area contributed by atoms with Gasteiger partial charge in [0.25, 0.3) is 0 Å². The van der Waals surface area contributed by atoms with Crippen LogP contribution in [0.5, 0.6) is 11.6 Å². The zero-order chi connectivity index (χ0) is 30.4. The minimum Gasteiger partial charge on any atom is -0.439 e. The summed E-state index contributed by atoms with van der Waals surface area (Å²) in [5.74, 6) is -1.06. The molecular formula is C31H32ClF2N5O4S. The van der Waals surface area contributed by atoms with Crippen LogP contribution >= 0.6 is 12.4 Å². The van der Waals surface area contributed by atoms with Gasteiger partial charge in [0.1, 0.15) is 5.75 Å². The van der Waals surface area contributed by atoms with Gasteiger partial charge in [-0.05, 0) is 66.9 Å². The van der Waals surface area contributed by atoms with Gasteiger partial charge in [0.2, 0.25) is 15.9 Å². The zero-order valence-corrected chi connectivity index (χ0v) is 25.5. The molecule has 2 amide bonds. The third kappa shape index (κ3) is 8.88. The van der Waals surface area contributed by atoms with Crippen LogP contribution in [0.2, 0.25) is 0 Å². The number of carbonyl (C=O) groups is 1. The van der Waals surface area contributed by atoms with E-state index in [1.807, 2.05) is 36.4 Å². The van der Waals surface area contributed by atoms with Gasteiger partial charge < -0.3 is 10.1 Å². The molecular weight excluding hydrogens is 612 g/mol. The Morgan fingerprint density at radius 1 is 0.955 bits per heavy atom. The van der Waals surface area contributed by atoms with E-state index in [0.29, 0.717) is 23.9 Å². The van der Waals surface area contributed by atoms with Crippen molar-refractivity contribution in [1.29, 1.82) is 0 Å². The van der Waals surface area contributed by atoms with Crippen molar-refractivity contribution >= 4 is 45.5 Å². The molecule has 1 fully saturated rings. The smallest absolute Gasteiger partial charge is 0.326 e. The summed E-state index contributed by atoms with van der Waals surface area (Å²) in [7, 11) is -3.35. The molecule has 5 rings (SSSR count). The van der Waals surface area contributed by atoms with Gasteiger partial charge in [0.05, 0.1) is 6.26 Å². The largest absolute Gasteiger partial charge is 0.439 e. The second-order valence-corrected chi connectivity index (χ2v) is 12.0. The molecule has 0 bridgehead atoms. The molecule has 1 aliphatic rings. The summed E-state index contributed by atoms with van der Waals surface area (Å²) < 4.78 is 58.0. The van der Waals surface area contributed by atoms with Crippen LogP contribution in [0.3, 0.4) is 0 Å². The summed E-state index contributed by atoms with van der Waals surface area (Å²) >= 11 is 0. The monoisotopic (exact) mass is 643 g/mol. The van der Waals surface area contributed by atoms with Crippen molar-refractivity contribution in [3.8, 4) is 11.6 Å². The number of benzene rings is 3. The number of amides is 2. The summed E-state index contributed by atoms with van der Waals surface area (Å²) in [6, 6.07) is 22.4. The van der Waals surface area contributed by atoms with Crippen molar-refractivity contribution in [3.63, 3.8) is 0 Å². The lowest BCUT2D eigenvalue weighted by Crippen LogP contribution is -2.49. The SMILES string of the molecule is CS(=O)(=O)Nc1ccc(Oc2ccc(CN3CCC(N(C(=O)Nc4ccc(F)c(F)c4)c4ccccc4)CC3)cn2)cc1.Cl. The van der Waals surface area contributed by atoms with Gasteiger partial charge in [-0.15, -0.1) is 12.4 Å². The van der Waals surface area contributed by atoms with Gasteiger partial charge in [-0.3, -0.25) is 14.5 Å². The molecule has 0 atom stereocenters. The van der Waals surface area contributed by atoms with E-state index in [2.05, 4.69) is 19.9 Å². The number of para-hydroxylation sites is 1. The second kappa shape index (κ2) is 14.5. The number of hydrogen-bond donors (Lipinski definition) is 2. The third-order valence-electron chi connectivity index (χ3n) is 6.93. The molecule has 9 nitrogen and oxygen atoms in total. The van der Waals surface area contributed by atoms with Crippen LogP contribution in [0.15, 0.2) is 91.1 Å². The first-order chi connectivity index (χ1) is 20.6. The molecule has 1 saturated heterocycles. The molecule has 0 aliphatic carbocycles. The van der Waals surface area contributed by atoms with E-state index < -0.39 is 27.7 Å². The van der Waals surface area contributed by atoms with Crippen LogP contribution in [-0.2, 0) is 16.6 Å². The Hall–Kier alpha value is -4.26. The molecule has 13 heteroatoms. The number of rotatable bonds is 9. The normalized spacial score (nSPS) is 13.9. The van der Waals surface area contributed by atoms with Crippen molar-refractivity contribution in [1.82, 2.24) is 9.88 Å². The minimum atomic E-state index is -3.35. The molecule has 0 spiro atoms. The van der Waals surface area contributed by atoms with Gasteiger partial charge in [-0.1, -0.05) is 24.3 Å². The van der Waals surface area contributed by atoms with Gasteiger partial charge in [0, 0.05) is 61.1 Å². The number of carbonyl (C=O) groups excluding carboxylic acids is 1. The number of likely N-dealkylation sites (tertiary alicyclic amines) is 1. The van der Waals surface area contributed by atoms with E-state index in [4.69, 9.17) is 4.74 Å². The molecule has 1 aromatic heterocycles. The highest BCUT2D eigenvalue weighted by molar-refractivity contribution is 7.92. The fraction of sp³-hybridized carbons (Fsp3) is 0.226. The number of halogens is 3. The Morgan fingerprint density at radius 3 is 2.25 bits per heavy atom. The van der Waals surface area contributed by atoms with Crippen LogP contribution < -0.4 is 19.7 Å². The topological polar surface area (TPSA) is 104 Å². The molecule has 0 radical (unpaired) electrons. The number of pyridine rings is 1. The minimum absolute atomic E-state index is 0. The predicted octanol–water partition coefficient (Wildman–Crippen LogP) is 6.65. The number of ether oxygens (including phenoxy) is 1. The van der Waals surface area contributed by atoms with E-state index in [9.17, 15) is 22.0 Å². The molecule has 4 aromatic rings. The third-order valence-corrected chi connectivity index (χ3v) is 7.54. The van der Waals surface area contributed by atoms with Gasteiger partial charge >= 0.3 is 6.03 Å². The number of nitrogens with zero attached hydrogens (tertiary/aromatic N) is 3. The molecule has 3 aromatic carbocycles. The second-order valence-electron chi connectivity index (χ2n) is 10.3. The Labute approximate surface area is 261 Å². The first-order valence-corrected chi connectivity index (χ1v) is 15.6. The van der Waals surface area contributed by atoms with Crippen molar-refractivity contribution in [3.05, 3.63) is 108 Å². The number of sulfonamides is 1. The fourth-order valence-corrected chi connectivity index (χ4v) is 5.49. The van der Waals surface area contributed by atoms with Gasteiger partial charge in [-0.2, -0.15) is 0 Å². The highest BCUT2D eigenvalue weighted by Crippen LogP contribution is 2.27. The molecule has 232 valence electrons. The Bertz CT molecular complexity index is 1660. The Kier molecular flexibility index (Phi) is 10.7. The molecule has 0 saturated carbocycles. The van der Waals surface area contributed by atoms with E-state index >= 15 is 0 Å². The first-order valence-electron chi connectivity index (χ1n) is 13.7. The lowest BCUT2D eigenvalue weighted by molar-refractivity contribution is 0.199. The summed E-state index contributed by atoms with van der Waals surface area (Å²) in [6.45, 7) is 2.18. The fourth-order valence-electron chi connectivity index (χ4n) is 4.92. The molecule has 2 heterocycles. The van der Waals surface area contributed by atoms with E-state index in [-0.39, 0.29) is 24.1 Å². The highest BCUT2D eigenvalue weighted by Gasteiger charge is 2.29. The van der Waals surface area contributed by atoms with Crippen molar-refractivity contribution in [2.45, 2.75) is 25.4 Å². The van der Waals surface area contributed by atoms with E-state index in [0.717, 1.165) is 55.6 Å². The maximum absolute atomic E-state index is 13.7. The zero-order valence-electron chi connectivity index (χ0n) is 23.8. The van der Waals surface area contributed by atoms with E-state index in [1.165, 1.54) is 6.07 Å². The molecule has 44 heavy (non-hydrogen) atoms. The van der Waals surface area contributed by atoms with Crippen LogP contribution in [0, 0.1) is 11.6 Å². The highest BCUT2D eigenvalue weighted by atomic mass is 35.5. The molecule has 1 aliphatic heterocycles. The summed E-state index contributed by atoms with van der Waals surface area (Å²) in [5, 5.41) is 2.71.